The summed E-state index contributed by atoms with van der Waals surface area (Å²) in [6, 6.07) is 7.18. The molecule has 0 aliphatic carbocycles. The molecule has 2 aromatic rings. The van der Waals surface area contributed by atoms with Crippen molar-refractivity contribution in [3.63, 3.8) is 0 Å². The lowest BCUT2D eigenvalue weighted by atomic mass is 10.1. The smallest absolute Gasteiger partial charge is 0.335 e. The van der Waals surface area contributed by atoms with Gasteiger partial charge in [0.05, 0.1) is 18.2 Å². The molecule has 0 bridgehead atoms. The van der Waals surface area contributed by atoms with E-state index in [1.54, 1.807) is 24.4 Å². The maximum atomic E-state index is 11.0. The van der Waals surface area contributed by atoms with Crippen LogP contribution in [0.15, 0.2) is 30.5 Å². The maximum Gasteiger partial charge on any atom is 0.335 e. The van der Waals surface area contributed by atoms with Gasteiger partial charge in [-0.25, -0.2) is 9.78 Å². The van der Waals surface area contributed by atoms with Crippen molar-refractivity contribution in [3.8, 4) is 0 Å². The first-order chi connectivity index (χ1) is 9.22. The molecule has 1 unspecified atom stereocenters. The average Bonchev–Trinajstić information content (AvgIpc) is 2.90. The van der Waals surface area contributed by atoms with Crippen molar-refractivity contribution in [3.05, 3.63) is 36.0 Å². The van der Waals surface area contributed by atoms with Gasteiger partial charge in [-0.3, -0.25) is 0 Å². The molecule has 1 atom stereocenters. The number of carboxylic acids is 1. The molecule has 1 saturated heterocycles. The lowest BCUT2D eigenvalue weighted by Gasteiger charge is -2.11. The summed E-state index contributed by atoms with van der Waals surface area (Å²) in [5.41, 5.74) is 0.286. The Kier molecular flexibility index (Phi) is 3.05. The van der Waals surface area contributed by atoms with Gasteiger partial charge in [0.1, 0.15) is 5.82 Å². The van der Waals surface area contributed by atoms with Gasteiger partial charge in [0, 0.05) is 18.2 Å². The van der Waals surface area contributed by atoms with Crippen LogP contribution in [-0.2, 0) is 4.74 Å². The Balaban J connectivity index is 1.91. The Bertz CT molecular complexity index is 621. The fourth-order valence-corrected chi connectivity index (χ4v) is 2.21. The van der Waals surface area contributed by atoms with Crippen molar-refractivity contribution >= 4 is 22.6 Å². The molecule has 19 heavy (non-hydrogen) atoms. The zero-order valence-corrected chi connectivity index (χ0v) is 10.3. The largest absolute Gasteiger partial charge is 0.478 e. The molecular formula is C14H14N2O3. The number of aromatic carboxylic acids is 1. The molecule has 1 fully saturated rings. The monoisotopic (exact) mass is 258 g/mol. The summed E-state index contributed by atoms with van der Waals surface area (Å²) in [5, 5.41) is 14.1. The van der Waals surface area contributed by atoms with E-state index in [0.717, 1.165) is 29.6 Å². The highest BCUT2D eigenvalue weighted by atomic mass is 16.5. The fraction of sp³-hybridized carbons (Fsp3) is 0.286. The van der Waals surface area contributed by atoms with E-state index in [1.165, 1.54) is 0 Å². The molecule has 0 amide bonds. The number of carbonyl (C=O) groups is 1. The second kappa shape index (κ2) is 4.85. The van der Waals surface area contributed by atoms with Crippen LogP contribution in [0.25, 0.3) is 10.8 Å². The lowest BCUT2D eigenvalue weighted by molar-refractivity contribution is 0.0697. The van der Waals surface area contributed by atoms with Crippen molar-refractivity contribution in [1.29, 1.82) is 0 Å². The second-order valence-electron chi connectivity index (χ2n) is 4.64. The van der Waals surface area contributed by atoms with Gasteiger partial charge < -0.3 is 15.2 Å². The average molecular weight is 258 g/mol. The van der Waals surface area contributed by atoms with Crippen LogP contribution in [0, 0.1) is 0 Å². The van der Waals surface area contributed by atoms with Gasteiger partial charge in [-0.15, -0.1) is 0 Å². The normalized spacial score (nSPS) is 18.6. The first kappa shape index (κ1) is 11.9. The minimum Gasteiger partial charge on any atom is -0.478 e. The summed E-state index contributed by atoms with van der Waals surface area (Å²) < 4.78 is 5.30. The molecule has 3 rings (SSSR count). The molecule has 5 heteroatoms. The number of carboxylic acid groups (broad SMARTS) is 1. The quantitative estimate of drug-likeness (QED) is 0.882. The van der Waals surface area contributed by atoms with Crippen LogP contribution >= 0.6 is 0 Å². The predicted molar refractivity (Wildman–Crippen MR) is 71.5 cm³/mol. The van der Waals surface area contributed by atoms with Gasteiger partial charge in [0.2, 0.25) is 0 Å². The van der Waals surface area contributed by atoms with Crippen molar-refractivity contribution in [2.75, 3.05) is 18.5 Å². The molecule has 2 N–H and O–H groups in total. The minimum atomic E-state index is -0.919. The third-order valence-corrected chi connectivity index (χ3v) is 3.25. The number of ether oxygens (including phenoxy) is 1. The van der Waals surface area contributed by atoms with Crippen LogP contribution in [-0.4, -0.2) is 35.3 Å². The number of hydrogen-bond acceptors (Lipinski definition) is 4. The Labute approximate surface area is 110 Å². The van der Waals surface area contributed by atoms with Crippen molar-refractivity contribution in [2.24, 2.45) is 0 Å². The zero-order chi connectivity index (χ0) is 13.2. The molecule has 5 nitrogen and oxygen atoms in total. The maximum absolute atomic E-state index is 11.0. The summed E-state index contributed by atoms with van der Waals surface area (Å²) in [4.78, 5) is 15.3. The summed E-state index contributed by atoms with van der Waals surface area (Å²) in [5.74, 6) is -0.164. The van der Waals surface area contributed by atoms with Gasteiger partial charge >= 0.3 is 5.97 Å². The van der Waals surface area contributed by atoms with E-state index in [0.29, 0.717) is 6.61 Å². The molecule has 2 heterocycles. The number of rotatable bonds is 3. The minimum absolute atomic E-state index is 0.285. The van der Waals surface area contributed by atoms with E-state index in [1.807, 2.05) is 6.07 Å². The van der Waals surface area contributed by atoms with Crippen LogP contribution in [0.3, 0.4) is 0 Å². The molecular weight excluding hydrogens is 244 g/mol. The topological polar surface area (TPSA) is 71.5 Å². The molecule has 0 radical (unpaired) electrons. The third kappa shape index (κ3) is 2.51. The standard InChI is InChI=1S/C14H14N2O3/c17-14(18)9-1-2-10-7-15-13(6-11(10)5-9)16-12-3-4-19-8-12/h1-2,5-7,12H,3-4,8H2,(H,15,16)(H,17,18). The summed E-state index contributed by atoms with van der Waals surface area (Å²) in [7, 11) is 0. The van der Waals surface area contributed by atoms with Crippen molar-refractivity contribution in [1.82, 2.24) is 4.98 Å². The number of hydrogen-bond donors (Lipinski definition) is 2. The molecule has 1 aromatic carbocycles. The van der Waals surface area contributed by atoms with E-state index in [9.17, 15) is 4.79 Å². The first-order valence-corrected chi connectivity index (χ1v) is 6.20. The van der Waals surface area contributed by atoms with E-state index in [-0.39, 0.29) is 11.6 Å². The number of fused-ring (bicyclic) bond motifs is 1. The van der Waals surface area contributed by atoms with Crippen LogP contribution < -0.4 is 5.32 Å². The number of benzene rings is 1. The highest BCUT2D eigenvalue weighted by Gasteiger charge is 2.15. The Morgan fingerprint density at radius 2 is 2.26 bits per heavy atom. The van der Waals surface area contributed by atoms with Crippen LogP contribution in [0.4, 0.5) is 5.82 Å². The highest BCUT2D eigenvalue weighted by molar-refractivity contribution is 5.94. The summed E-state index contributed by atoms with van der Waals surface area (Å²) in [6.45, 7) is 1.46. The summed E-state index contributed by atoms with van der Waals surface area (Å²) >= 11 is 0. The Morgan fingerprint density at radius 3 is 3.00 bits per heavy atom. The molecule has 1 aliphatic rings. The predicted octanol–water partition coefficient (Wildman–Crippen LogP) is 2.13. The van der Waals surface area contributed by atoms with Gasteiger partial charge in [-0.05, 0) is 30.0 Å². The van der Waals surface area contributed by atoms with Crippen LogP contribution in [0.1, 0.15) is 16.8 Å². The van der Waals surface area contributed by atoms with Gasteiger partial charge in [0.25, 0.3) is 0 Å². The Morgan fingerprint density at radius 1 is 1.37 bits per heavy atom. The third-order valence-electron chi connectivity index (χ3n) is 3.25. The lowest BCUT2D eigenvalue weighted by Crippen LogP contribution is -2.19. The SMILES string of the molecule is O=C(O)c1ccc2cnc(NC3CCOC3)cc2c1. The first-order valence-electron chi connectivity index (χ1n) is 6.20. The van der Waals surface area contributed by atoms with Crippen LogP contribution in [0.5, 0.6) is 0 Å². The molecule has 1 aromatic heterocycles. The van der Waals surface area contributed by atoms with E-state index < -0.39 is 5.97 Å². The number of nitrogens with zero attached hydrogens (tertiary/aromatic N) is 1. The van der Waals surface area contributed by atoms with E-state index in [4.69, 9.17) is 9.84 Å². The fourth-order valence-electron chi connectivity index (χ4n) is 2.21. The summed E-state index contributed by atoms with van der Waals surface area (Å²) in [6.07, 6.45) is 2.72. The van der Waals surface area contributed by atoms with E-state index >= 15 is 0 Å². The van der Waals surface area contributed by atoms with E-state index in [2.05, 4.69) is 10.3 Å². The molecule has 0 spiro atoms. The van der Waals surface area contributed by atoms with Gasteiger partial charge in [0.15, 0.2) is 0 Å². The molecule has 0 saturated carbocycles. The van der Waals surface area contributed by atoms with Gasteiger partial charge in [-0.1, -0.05) is 6.07 Å². The van der Waals surface area contributed by atoms with Gasteiger partial charge in [-0.2, -0.15) is 0 Å². The highest BCUT2D eigenvalue weighted by Crippen LogP contribution is 2.20. The Hall–Kier alpha value is -2.14. The zero-order valence-electron chi connectivity index (χ0n) is 10.3. The van der Waals surface area contributed by atoms with Crippen LogP contribution in [0.2, 0.25) is 0 Å². The number of pyridine rings is 1. The number of nitrogens with one attached hydrogen (secondary N) is 1. The number of aromatic nitrogens is 1. The number of anilines is 1. The molecule has 98 valence electrons. The van der Waals surface area contributed by atoms with Crippen molar-refractivity contribution < 1.29 is 14.6 Å². The molecule has 1 aliphatic heterocycles. The van der Waals surface area contributed by atoms with Crippen molar-refractivity contribution in [2.45, 2.75) is 12.5 Å². The second-order valence-corrected chi connectivity index (χ2v) is 4.64.